The van der Waals surface area contributed by atoms with Gasteiger partial charge in [0.1, 0.15) is 0 Å². The monoisotopic (exact) mass is 275 g/mol. The Kier molecular flexibility index (Phi) is 5.01. The van der Waals surface area contributed by atoms with Crippen molar-refractivity contribution in [2.75, 3.05) is 32.1 Å². The summed E-state index contributed by atoms with van der Waals surface area (Å²) >= 11 is 0. The van der Waals surface area contributed by atoms with Gasteiger partial charge in [0.15, 0.2) is 0 Å². The molecule has 1 amide bonds. The highest BCUT2D eigenvalue weighted by Crippen LogP contribution is 2.21. The summed E-state index contributed by atoms with van der Waals surface area (Å²) in [5.74, 6) is 0.117. The molecule has 110 valence electrons. The van der Waals surface area contributed by atoms with E-state index in [2.05, 4.69) is 0 Å². The molecule has 1 fully saturated rings. The fourth-order valence-corrected chi connectivity index (χ4v) is 2.77. The second-order valence-corrected chi connectivity index (χ2v) is 5.68. The first-order valence-corrected chi connectivity index (χ1v) is 7.42. The van der Waals surface area contributed by atoms with E-state index in [-0.39, 0.29) is 11.9 Å². The van der Waals surface area contributed by atoms with Crippen LogP contribution in [0.25, 0.3) is 0 Å². The van der Waals surface area contributed by atoms with Gasteiger partial charge in [-0.3, -0.25) is 4.79 Å². The topological polar surface area (TPSA) is 49.6 Å². The molecule has 1 heterocycles. The summed E-state index contributed by atoms with van der Waals surface area (Å²) < 4.78 is 0. The SMILES string of the molecule is CN(C)c1cccc(C(=O)N2CCCCCC2CN)c1. The van der Waals surface area contributed by atoms with Crippen molar-refractivity contribution in [3.8, 4) is 0 Å². The zero-order valence-electron chi connectivity index (χ0n) is 12.5. The summed E-state index contributed by atoms with van der Waals surface area (Å²) in [6.45, 7) is 1.38. The average molecular weight is 275 g/mol. The molecule has 1 atom stereocenters. The van der Waals surface area contributed by atoms with Gasteiger partial charge in [-0.2, -0.15) is 0 Å². The van der Waals surface area contributed by atoms with Gasteiger partial charge in [0, 0.05) is 44.5 Å². The predicted molar refractivity (Wildman–Crippen MR) is 83.1 cm³/mol. The van der Waals surface area contributed by atoms with Crippen LogP contribution in [0.15, 0.2) is 24.3 Å². The van der Waals surface area contributed by atoms with Gasteiger partial charge >= 0.3 is 0 Å². The Morgan fingerprint density at radius 1 is 1.35 bits per heavy atom. The molecule has 0 spiro atoms. The first-order chi connectivity index (χ1) is 9.63. The van der Waals surface area contributed by atoms with Crippen molar-refractivity contribution in [3.63, 3.8) is 0 Å². The quantitative estimate of drug-likeness (QED) is 0.919. The zero-order valence-corrected chi connectivity index (χ0v) is 12.5. The number of likely N-dealkylation sites (tertiary alicyclic amines) is 1. The van der Waals surface area contributed by atoms with Crippen LogP contribution in [0.3, 0.4) is 0 Å². The molecule has 0 aromatic heterocycles. The molecule has 4 heteroatoms. The van der Waals surface area contributed by atoms with E-state index in [0.29, 0.717) is 6.54 Å². The minimum atomic E-state index is 0.117. The molecule has 1 aromatic rings. The van der Waals surface area contributed by atoms with Crippen LogP contribution in [-0.2, 0) is 0 Å². The maximum atomic E-state index is 12.7. The first kappa shape index (κ1) is 14.9. The van der Waals surface area contributed by atoms with E-state index in [9.17, 15) is 4.79 Å². The Bertz CT molecular complexity index is 459. The molecule has 1 aromatic carbocycles. The molecule has 1 aliphatic rings. The van der Waals surface area contributed by atoms with E-state index in [1.807, 2.05) is 48.2 Å². The second kappa shape index (κ2) is 6.75. The molecule has 0 radical (unpaired) electrons. The molecular weight excluding hydrogens is 250 g/mol. The number of carbonyl (C=O) groups is 1. The van der Waals surface area contributed by atoms with Crippen LogP contribution in [0.5, 0.6) is 0 Å². The number of benzene rings is 1. The number of hydrogen-bond acceptors (Lipinski definition) is 3. The lowest BCUT2D eigenvalue weighted by atomic mass is 10.1. The standard InChI is InChI=1S/C16H25N3O/c1-18(2)14-9-6-7-13(11-14)16(20)19-10-5-3-4-8-15(19)12-17/h6-7,9,11,15H,3-5,8,10,12,17H2,1-2H3. The van der Waals surface area contributed by atoms with E-state index in [1.165, 1.54) is 12.8 Å². The first-order valence-electron chi connectivity index (χ1n) is 7.42. The number of hydrogen-bond donors (Lipinski definition) is 1. The molecule has 0 saturated carbocycles. The van der Waals surface area contributed by atoms with Gasteiger partial charge in [-0.25, -0.2) is 0 Å². The summed E-state index contributed by atoms with van der Waals surface area (Å²) in [5.41, 5.74) is 7.67. The summed E-state index contributed by atoms with van der Waals surface area (Å²) in [6.07, 6.45) is 4.46. The molecule has 2 rings (SSSR count). The lowest BCUT2D eigenvalue weighted by Crippen LogP contribution is -2.44. The van der Waals surface area contributed by atoms with Crippen LogP contribution in [-0.4, -0.2) is 44.0 Å². The van der Waals surface area contributed by atoms with E-state index in [4.69, 9.17) is 5.73 Å². The van der Waals surface area contributed by atoms with Crippen molar-refractivity contribution in [1.82, 2.24) is 4.90 Å². The lowest BCUT2D eigenvalue weighted by molar-refractivity contribution is 0.0689. The highest BCUT2D eigenvalue weighted by atomic mass is 16.2. The fourth-order valence-electron chi connectivity index (χ4n) is 2.77. The van der Waals surface area contributed by atoms with Crippen LogP contribution < -0.4 is 10.6 Å². The average Bonchev–Trinajstić information content (AvgIpc) is 2.71. The molecule has 20 heavy (non-hydrogen) atoms. The predicted octanol–water partition coefficient (Wildman–Crippen LogP) is 2.10. The van der Waals surface area contributed by atoms with Crippen molar-refractivity contribution < 1.29 is 4.79 Å². The number of anilines is 1. The van der Waals surface area contributed by atoms with Crippen LogP contribution in [0.1, 0.15) is 36.0 Å². The summed E-state index contributed by atoms with van der Waals surface area (Å²) in [5, 5.41) is 0. The highest BCUT2D eigenvalue weighted by Gasteiger charge is 2.25. The van der Waals surface area contributed by atoms with Crippen molar-refractivity contribution in [1.29, 1.82) is 0 Å². The van der Waals surface area contributed by atoms with Gasteiger partial charge in [-0.05, 0) is 31.0 Å². The molecule has 0 bridgehead atoms. The Morgan fingerprint density at radius 2 is 2.15 bits per heavy atom. The van der Waals surface area contributed by atoms with E-state index >= 15 is 0 Å². The largest absolute Gasteiger partial charge is 0.378 e. The third kappa shape index (κ3) is 3.31. The van der Waals surface area contributed by atoms with Gasteiger partial charge in [0.05, 0.1) is 0 Å². The summed E-state index contributed by atoms with van der Waals surface area (Å²) in [4.78, 5) is 16.7. The molecule has 1 saturated heterocycles. The third-order valence-electron chi connectivity index (χ3n) is 4.02. The minimum Gasteiger partial charge on any atom is -0.378 e. The van der Waals surface area contributed by atoms with Crippen molar-refractivity contribution in [2.45, 2.75) is 31.7 Å². The van der Waals surface area contributed by atoms with Gasteiger partial charge in [-0.15, -0.1) is 0 Å². The lowest BCUT2D eigenvalue weighted by Gasteiger charge is -2.29. The van der Waals surface area contributed by atoms with Crippen LogP contribution in [0.2, 0.25) is 0 Å². The van der Waals surface area contributed by atoms with Crippen LogP contribution in [0.4, 0.5) is 5.69 Å². The maximum Gasteiger partial charge on any atom is 0.254 e. The molecule has 1 unspecified atom stereocenters. The van der Waals surface area contributed by atoms with Crippen LogP contribution in [0, 0.1) is 0 Å². The van der Waals surface area contributed by atoms with E-state index in [1.54, 1.807) is 0 Å². The fraction of sp³-hybridized carbons (Fsp3) is 0.562. The number of carbonyl (C=O) groups excluding carboxylic acids is 1. The summed E-state index contributed by atoms with van der Waals surface area (Å²) in [7, 11) is 3.97. The van der Waals surface area contributed by atoms with Crippen LogP contribution >= 0.6 is 0 Å². The van der Waals surface area contributed by atoms with Gasteiger partial charge in [0.25, 0.3) is 5.91 Å². The molecule has 4 nitrogen and oxygen atoms in total. The Balaban J connectivity index is 2.22. The van der Waals surface area contributed by atoms with Gasteiger partial charge in [-0.1, -0.05) is 18.9 Å². The van der Waals surface area contributed by atoms with E-state index in [0.717, 1.165) is 30.6 Å². The Labute approximate surface area is 121 Å². The molecule has 0 aliphatic carbocycles. The highest BCUT2D eigenvalue weighted by molar-refractivity contribution is 5.95. The molecule has 1 aliphatic heterocycles. The summed E-state index contributed by atoms with van der Waals surface area (Å²) in [6, 6.07) is 8.00. The molecule has 2 N–H and O–H groups in total. The van der Waals surface area contributed by atoms with E-state index < -0.39 is 0 Å². The zero-order chi connectivity index (χ0) is 14.5. The number of nitrogens with zero attached hydrogens (tertiary/aromatic N) is 2. The third-order valence-corrected chi connectivity index (χ3v) is 4.02. The number of amides is 1. The molecular formula is C16H25N3O. The van der Waals surface area contributed by atoms with Crippen molar-refractivity contribution in [3.05, 3.63) is 29.8 Å². The van der Waals surface area contributed by atoms with Crippen molar-refractivity contribution >= 4 is 11.6 Å². The minimum absolute atomic E-state index is 0.117. The van der Waals surface area contributed by atoms with Gasteiger partial charge < -0.3 is 15.5 Å². The number of nitrogens with two attached hydrogens (primary N) is 1. The smallest absolute Gasteiger partial charge is 0.254 e. The Hall–Kier alpha value is -1.55. The Morgan fingerprint density at radius 3 is 2.85 bits per heavy atom. The van der Waals surface area contributed by atoms with Gasteiger partial charge in [0.2, 0.25) is 0 Å². The van der Waals surface area contributed by atoms with Crippen molar-refractivity contribution in [2.24, 2.45) is 5.73 Å². The second-order valence-electron chi connectivity index (χ2n) is 5.68. The maximum absolute atomic E-state index is 12.7. The number of rotatable bonds is 3. The normalized spacial score (nSPS) is 19.6.